The number of nitrogens with zero attached hydrogens (tertiary/aromatic N) is 4. The first-order chi connectivity index (χ1) is 11.2. The molecule has 2 fully saturated rings. The highest BCUT2D eigenvalue weighted by Crippen LogP contribution is 2.34. The highest BCUT2D eigenvalue weighted by Gasteiger charge is 2.33. The second-order valence-electron chi connectivity index (χ2n) is 6.86. The number of rotatable bonds is 8. The van der Waals surface area contributed by atoms with Gasteiger partial charge in [-0.2, -0.15) is 0 Å². The largest absolute Gasteiger partial charge is 0.355 e. The number of hydrogen-bond acceptors (Lipinski definition) is 4. The van der Waals surface area contributed by atoms with Crippen molar-refractivity contribution in [1.29, 1.82) is 0 Å². The van der Waals surface area contributed by atoms with Crippen LogP contribution in [-0.2, 0) is 6.54 Å². The molecule has 1 aromatic rings. The molecule has 0 spiro atoms. The van der Waals surface area contributed by atoms with Crippen molar-refractivity contribution in [3.05, 3.63) is 16.1 Å². The molecule has 1 N–H and O–H groups in total. The standard InChI is InChI=1S/C17H29N5S/c1-13-20-15(12-23-13)11-21(3)17(18-2)19-8-9-22(16-6-7-16)10-14-4-5-14/h12,14,16H,4-11H2,1-3H3,(H,18,19). The summed E-state index contributed by atoms with van der Waals surface area (Å²) in [4.78, 5) is 13.8. The summed E-state index contributed by atoms with van der Waals surface area (Å²) in [6, 6.07) is 0.857. The van der Waals surface area contributed by atoms with Crippen molar-refractivity contribution in [2.45, 2.75) is 45.2 Å². The average Bonchev–Trinajstić information content (AvgIpc) is 3.43. The van der Waals surface area contributed by atoms with Crippen LogP contribution in [-0.4, -0.2) is 60.5 Å². The molecule has 1 heterocycles. The van der Waals surface area contributed by atoms with E-state index in [0.717, 1.165) is 48.3 Å². The van der Waals surface area contributed by atoms with Gasteiger partial charge in [0.25, 0.3) is 0 Å². The molecule has 3 rings (SSSR count). The molecule has 128 valence electrons. The van der Waals surface area contributed by atoms with E-state index in [-0.39, 0.29) is 0 Å². The van der Waals surface area contributed by atoms with E-state index in [1.54, 1.807) is 11.3 Å². The monoisotopic (exact) mass is 335 g/mol. The molecular formula is C17H29N5S. The van der Waals surface area contributed by atoms with E-state index in [9.17, 15) is 0 Å². The molecule has 6 heteroatoms. The van der Waals surface area contributed by atoms with Gasteiger partial charge in [-0.25, -0.2) is 4.98 Å². The Morgan fingerprint density at radius 2 is 2.17 bits per heavy atom. The average molecular weight is 336 g/mol. The van der Waals surface area contributed by atoms with Gasteiger partial charge in [0.05, 0.1) is 17.2 Å². The van der Waals surface area contributed by atoms with Gasteiger partial charge in [0.15, 0.2) is 5.96 Å². The van der Waals surface area contributed by atoms with Gasteiger partial charge in [0, 0.05) is 45.2 Å². The summed E-state index contributed by atoms with van der Waals surface area (Å²) in [5.74, 6) is 1.93. The lowest BCUT2D eigenvalue weighted by Crippen LogP contribution is -2.43. The highest BCUT2D eigenvalue weighted by molar-refractivity contribution is 7.09. The van der Waals surface area contributed by atoms with Crippen molar-refractivity contribution >= 4 is 17.3 Å². The minimum absolute atomic E-state index is 0.804. The fourth-order valence-corrected chi connectivity index (χ4v) is 3.59. The second-order valence-corrected chi connectivity index (χ2v) is 7.92. The molecule has 0 amide bonds. The number of aliphatic imine (C=N–C) groups is 1. The molecule has 2 aliphatic carbocycles. The zero-order chi connectivity index (χ0) is 16.2. The van der Waals surface area contributed by atoms with Gasteiger partial charge in [0.1, 0.15) is 0 Å². The molecule has 0 aromatic carbocycles. The highest BCUT2D eigenvalue weighted by atomic mass is 32.1. The van der Waals surface area contributed by atoms with E-state index in [2.05, 4.69) is 37.5 Å². The number of guanidine groups is 1. The maximum absolute atomic E-state index is 4.53. The van der Waals surface area contributed by atoms with Gasteiger partial charge in [-0.05, 0) is 38.5 Å². The van der Waals surface area contributed by atoms with Crippen LogP contribution in [0.25, 0.3) is 0 Å². The maximum Gasteiger partial charge on any atom is 0.193 e. The summed E-state index contributed by atoms with van der Waals surface area (Å²) < 4.78 is 0. The van der Waals surface area contributed by atoms with E-state index in [1.165, 1.54) is 32.2 Å². The van der Waals surface area contributed by atoms with Gasteiger partial charge < -0.3 is 10.2 Å². The van der Waals surface area contributed by atoms with Crippen LogP contribution in [0.1, 0.15) is 36.4 Å². The van der Waals surface area contributed by atoms with E-state index in [1.807, 2.05) is 14.0 Å². The SMILES string of the molecule is CN=C(NCCN(CC1CC1)C1CC1)N(C)Cc1csc(C)n1. The molecule has 2 aliphatic rings. The molecule has 0 saturated heterocycles. The van der Waals surface area contributed by atoms with Crippen LogP contribution in [0.5, 0.6) is 0 Å². The van der Waals surface area contributed by atoms with Gasteiger partial charge in [-0.15, -0.1) is 11.3 Å². The Labute approximate surface area is 143 Å². The van der Waals surface area contributed by atoms with Crippen LogP contribution >= 0.6 is 11.3 Å². The predicted octanol–water partition coefficient (Wildman–Crippen LogP) is 2.33. The summed E-state index contributed by atoms with van der Waals surface area (Å²) in [7, 11) is 3.93. The first-order valence-corrected chi connectivity index (χ1v) is 9.60. The zero-order valence-electron chi connectivity index (χ0n) is 14.6. The van der Waals surface area contributed by atoms with E-state index < -0.39 is 0 Å². The molecule has 23 heavy (non-hydrogen) atoms. The fraction of sp³-hybridized carbons (Fsp3) is 0.765. The summed E-state index contributed by atoms with van der Waals surface area (Å²) in [5, 5.41) is 6.76. The first-order valence-electron chi connectivity index (χ1n) is 8.72. The van der Waals surface area contributed by atoms with Crippen LogP contribution < -0.4 is 5.32 Å². The molecule has 5 nitrogen and oxygen atoms in total. The number of aromatic nitrogens is 1. The van der Waals surface area contributed by atoms with E-state index in [4.69, 9.17) is 0 Å². The van der Waals surface area contributed by atoms with Crippen LogP contribution in [0.2, 0.25) is 0 Å². The van der Waals surface area contributed by atoms with E-state index in [0.29, 0.717) is 0 Å². The Hall–Kier alpha value is -1.14. The second kappa shape index (κ2) is 7.62. The topological polar surface area (TPSA) is 43.8 Å². The smallest absolute Gasteiger partial charge is 0.193 e. The Morgan fingerprint density at radius 1 is 1.39 bits per heavy atom. The quantitative estimate of drug-likeness (QED) is 0.585. The van der Waals surface area contributed by atoms with Crippen LogP contribution in [0, 0.1) is 12.8 Å². The maximum atomic E-state index is 4.53. The van der Waals surface area contributed by atoms with Crippen molar-refractivity contribution in [2.75, 3.05) is 33.7 Å². The molecule has 0 bridgehead atoms. The zero-order valence-corrected chi connectivity index (χ0v) is 15.4. The van der Waals surface area contributed by atoms with Gasteiger partial charge in [-0.1, -0.05) is 0 Å². The molecule has 0 aliphatic heterocycles. The number of nitrogens with one attached hydrogen (secondary N) is 1. The molecule has 0 radical (unpaired) electrons. The van der Waals surface area contributed by atoms with Crippen molar-refractivity contribution in [1.82, 2.24) is 20.1 Å². The summed E-state index contributed by atoms with van der Waals surface area (Å²) in [6.07, 6.45) is 5.66. The third-order valence-electron chi connectivity index (χ3n) is 4.57. The first kappa shape index (κ1) is 16.7. The molecule has 2 saturated carbocycles. The molecule has 1 aromatic heterocycles. The lowest BCUT2D eigenvalue weighted by atomic mass is 10.3. The normalized spacial score (nSPS) is 18.5. The summed E-state index contributed by atoms with van der Waals surface area (Å²) in [5.41, 5.74) is 1.12. The van der Waals surface area contributed by atoms with Crippen molar-refractivity contribution in [2.24, 2.45) is 10.9 Å². The van der Waals surface area contributed by atoms with Crippen molar-refractivity contribution in [3.63, 3.8) is 0 Å². The number of aryl methyl sites for hydroxylation is 1. The van der Waals surface area contributed by atoms with E-state index >= 15 is 0 Å². The lowest BCUT2D eigenvalue weighted by molar-refractivity contribution is 0.255. The molecule has 0 unspecified atom stereocenters. The number of hydrogen-bond donors (Lipinski definition) is 1. The Balaban J connectivity index is 1.42. The minimum Gasteiger partial charge on any atom is -0.355 e. The fourth-order valence-electron chi connectivity index (χ4n) is 2.99. The number of thiazole rings is 1. The van der Waals surface area contributed by atoms with Crippen LogP contribution in [0.15, 0.2) is 10.4 Å². The summed E-state index contributed by atoms with van der Waals surface area (Å²) in [6.45, 7) is 6.26. The predicted molar refractivity (Wildman–Crippen MR) is 97.0 cm³/mol. The Bertz CT molecular complexity index is 533. The molecular weight excluding hydrogens is 306 g/mol. The van der Waals surface area contributed by atoms with Gasteiger partial charge in [0.2, 0.25) is 0 Å². The summed E-state index contributed by atoms with van der Waals surface area (Å²) >= 11 is 1.70. The minimum atomic E-state index is 0.804. The van der Waals surface area contributed by atoms with Gasteiger partial charge >= 0.3 is 0 Å². The Morgan fingerprint density at radius 3 is 2.74 bits per heavy atom. The third kappa shape index (κ3) is 5.18. The van der Waals surface area contributed by atoms with Crippen molar-refractivity contribution in [3.8, 4) is 0 Å². The van der Waals surface area contributed by atoms with Gasteiger partial charge in [-0.3, -0.25) is 9.89 Å². The van der Waals surface area contributed by atoms with Crippen molar-refractivity contribution < 1.29 is 0 Å². The lowest BCUT2D eigenvalue weighted by Gasteiger charge is -2.25. The van der Waals surface area contributed by atoms with Crippen LogP contribution in [0.3, 0.4) is 0 Å². The molecule has 0 atom stereocenters. The van der Waals surface area contributed by atoms with Crippen LogP contribution in [0.4, 0.5) is 0 Å². The Kier molecular flexibility index (Phi) is 5.54. The third-order valence-corrected chi connectivity index (χ3v) is 5.40.